The van der Waals surface area contributed by atoms with Gasteiger partial charge in [0.15, 0.2) is 8.68 Å². The summed E-state index contributed by atoms with van der Waals surface area (Å²) in [7, 11) is 0. The van der Waals surface area contributed by atoms with Gasteiger partial charge in [-0.25, -0.2) is 15.0 Å². The smallest absolute Gasteiger partial charge is 0.179 e. The van der Waals surface area contributed by atoms with E-state index in [0.717, 1.165) is 67.1 Å². The van der Waals surface area contributed by atoms with Gasteiger partial charge in [0, 0.05) is 54.8 Å². The van der Waals surface area contributed by atoms with Crippen LogP contribution in [-0.2, 0) is 0 Å². The molecule has 11 nitrogen and oxygen atoms in total. The highest BCUT2D eigenvalue weighted by atomic mass is 32.2. The van der Waals surface area contributed by atoms with Crippen LogP contribution in [0.15, 0.2) is 108 Å². The number of fused-ring (bicyclic) bond motifs is 6. The number of aromatic nitrogens is 7. The topological polar surface area (TPSA) is 155 Å². The third-order valence-corrected chi connectivity index (χ3v) is 10.9. The summed E-state index contributed by atoms with van der Waals surface area (Å²) >= 11 is 6.29. The Morgan fingerprint density at radius 1 is 0.646 bits per heavy atom. The van der Waals surface area contributed by atoms with Gasteiger partial charge in [-0.15, -0.1) is 21.5 Å². The first kappa shape index (κ1) is 31.5. The number of aryl methyl sites for hydroxylation is 2. The molecule has 0 aliphatic carbocycles. The maximum Gasteiger partial charge on any atom is 0.179 e. The maximum absolute atomic E-state index is 8.89. The predicted octanol–water partition coefficient (Wildman–Crippen LogP) is 8.41. The van der Waals surface area contributed by atoms with E-state index in [9.17, 15) is 0 Å². The Labute approximate surface area is 289 Å². The van der Waals surface area contributed by atoms with E-state index in [0.29, 0.717) is 11.4 Å². The molecule has 8 aromatic rings. The second-order valence-corrected chi connectivity index (χ2v) is 15.2. The fraction of sp³-hybridized carbons (Fsp3) is 0.0606. The van der Waals surface area contributed by atoms with Gasteiger partial charge in [0.05, 0.1) is 45.9 Å². The van der Waals surface area contributed by atoms with Crippen LogP contribution >= 0.6 is 46.2 Å². The van der Waals surface area contributed by atoms with Crippen LogP contribution in [0.4, 0.5) is 0 Å². The van der Waals surface area contributed by atoms with Crippen molar-refractivity contribution < 1.29 is 10.4 Å². The first-order valence-corrected chi connectivity index (χ1v) is 17.6. The van der Waals surface area contributed by atoms with Crippen LogP contribution < -0.4 is 0 Å². The SMILES string of the molecule is Cc1cnc(Sc2cc(C=NO)nc3c2ccc2cccnc23)s1.Cc1nnc(Sc2cc(C=NO)nc3c2ccc2cccnc23)s1. The van der Waals surface area contributed by atoms with E-state index in [1.165, 1.54) is 40.4 Å². The molecule has 0 bridgehead atoms. The monoisotopic (exact) mass is 705 g/mol. The lowest BCUT2D eigenvalue weighted by molar-refractivity contribution is 0.321. The lowest BCUT2D eigenvalue weighted by Gasteiger charge is -2.08. The van der Waals surface area contributed by atoms with E-state index in [2.05, 4.69) is 51.5 Å². The molecule has 0 unspecified atom stereocenters. The van der Waals surface area contributed by atoms with Gasteiger partial charge in [0.1, 0.15) is 5.01 Å². The zero-order valence-corrected chi connectivity index (χ0v) is 28.5. The summed E-state index contributed by atoms with van der Waals surface area (Å²) in [6, 6.07) is 19.7. The van der Waals surface area contributed by atoms with Crippen LogP contribution in [0.2, 0.25) is 0 Å². The second kappa shape index (κ2) is 13.9. The molecule has 0 aliphatic rings. The highest BCUT2D eigenvalue weighted by Gasteiger charge is 2.14. The van der Waals surface area contributed by atoms with Crippen LogP contribution in [0, 0.1) is 13.8 Å². The van der Waals surface area contributed by atoms with Crippen LogP contribution in [0.25, 0.3) is 43.6 Å². The van der Waals surface area contributed by atoms with E-state index in [1.54, 1.807) is 35.5 Å². The Balaban J connectivity index is 0.000000152. The number of oxime groups is 2. The minimum atomic E-state index is 0.562. The standard InChI is InChI=1S/C17H12N4OS2.C16H11N5OS2/c1-10-8-19-17(23-10)24-14-7-12(9-20-22)21-16-13(14)5-4-11-3-2-6-18-15(11)16;1-9-20-21-16(23-9)24-13-7-11(8-18-22)19-15-12(13)5-4-10-3-2-6-17-14(10)15/h2-9,22H,1H3;2-8,22H,1H3. The van der Waals surface area contributed by atoms with Gasteiger partial charge in [-0.05, 0) is 38.1 Å². The molecule has 236 valence electrons. The molecule has 0 spiro atoms. The molecule has 6 heterocycles. The minimum absolute atomic E-state index is 0.562. The average Bonchev–Trinajstić information content (AvgIpc) is 3.71. The van der Waals surface area contributed by atoms with Crippen LogP contribution in [0.5, 0.6) is 0 Å². The quantitative estimate of drug-likeness (QED) is 0.0741. The lowest BCUT2D eigenvalue weighted by atomic mass is 10.1. The molecule has 0 saturated heterocycles. The van der Waals surface area contributed by atoms with E-state index >= 15 is 0 Å². The van der Waals surface area contributed by atoms with E-state index in [4.69, 9.17) is 10.4 Å². The largest absolute Gasteiger partial charge is 0.411 e. The number of thiazole rings is 1. The summed E-state index contributed by atoms with van der Waals surface area (Å²) in [6.45, 7) is 3.96. The Kier molecular flexibility index (Phi) is 9.16. The molecular weight excluding hydrogens is 683 g/mol. The van der Waals surface area contributed by atoms with E-state index < -0.39 is 0 Å². The highest BCUT2D eigenvalue weighted by Crippen LogP contribution is 2.38. The highest BCUT2D eigenvalue weighted by molar-refractivity contribution is 8.01. The molecule has 0 saturated carbocycles. The van der Waals surface area contributed by atoms with Crippen molar-refractivity contribution in [1.82, 2.24) is 35.1 Å². The maximum atomic E-state index is 8.89. The molecule has 0 atom stereocenters. The summed E-state index contributed by atoms with van der Waals surface area (Å²) in [5, 5.41) is 37.1. The molecule has 0 radical (unpaired) electrons. The number of hydrogen-bond acceptors (Lipinski definition) is 15. The van der Waals surface area contributed by atoms with Gasteiger partial charge in [0.2, 0.25) is 0 Å². The fourth-order valence-corrected chi connectivity index (χ4v) is 8.94. The molecule has 15 heteroatoms. The van der Waals surface area contributed by atoms with Gasteiger partial charge in [0.25, 0.3) is 0 Å². The summed E-state index contributed by atoms with van der Waals surface area (Å²) in [6.07, 6.45) is 8.02. The van der Waals surface area contributed by atoms with Gasteiger partial charge < -0.3 is 10.4 Å². The third kappa shape index (κ3) is 6.66. The molecule has 2 N–H and O–H groups in total. The zero-order chi connectivity index (χ0) is 33.0. The summed E-state index contributed by atoms with van der Waals surface area (Å²) in [4.78, 5) is 25.7. The second-order valence-electron chi connectivity index (χ2n) is 10.2. The molecule has 0 amide bonds. The molecule has 2 aromatic carbocycles. The Hall–Kier alpha value is -5.09. The van der Waals surface area contributed by atoms with Crippen molar-refractivity contribution in [2.75, 3.05) is 0 Å². The molecule has 0 aliphatic heterocycles. The Morgan fingerprint density at radius 2 is 1.21 bits per heavy atom. The van der Waals surface area contributed by atoms with Gasteiger partial charge >= 0.3 is 0 Å². The van der Waals surface area contributed by atoms with Gasteiger partial charge in [-0.1, -0.05) is 81.6 Å². The number of benzene rings is 2. The molecule has 48 heavy (non-hydrogen) atoms. The van der Waals surface area contributed by atoms with Crippen LogP contribution in [0.3, 0.4) is 0 Å². The summed E-state index contributed by atoms with van der Waals surface area (Å²) in [5.41, 5.74) is 4.36. The number of pyridine rings is 4. The average molecular weight is 706 g/mol. The molecule has 8 rings (SSSR count). The van der Waals surface area contributed by atoms with E-state index in [-0.39, 0.29) is 0 Å². The van der Waals surface area contributed by atoms with E-state index in [1.807, 2.05) is 74.6 Å². The molecular formula is C33H23N9O2S4. The van der Waals surface area contributed by atoms with Crippen molar-refractivity contribution >= 4 is 102 Å². The number of nitrogens with zero attached hydrogens (tertiary/aromatic N) is 9. The van der Waals surface area contributed by atoms with Crippen molar-refractivity contribution in [2.45, 2.75) is 32.3 Å². The third-order valence-electron chi connectivity index (χ3n) is 6.95. The van der Waals surface area contributed by atoms with Gasteiger partial charge in [-0.3, -0.25) is 9.97 Å². The predicted molar refractivity (Wildman–Crippen MR) is 193 cm³/mol. The van der Waals surface area contributed by atoms with Crippen molar-refractivity contribution in [2.24, 2.45) is 10.3 Å². The van der Waals surface area contributed by atoms with Gasteiger partial charge in [-0.2, -0.15) is 0 Å². The zero-order valence-electron chi connectivity index (χ0n) is 25.2. The first-order chi connectivity index (χ1) is 23.5. The number of rotatable bonds is 6. The number of hydrogen-bond donors (Lipinski definition) is 2. The molecule has 0 fully saturated rings. The minimum Gasteiger partial charge on any atom is -0.411 e. The van der Waals surface area contributed by atoms with Crippen LogP contribution in [-0.4, -0.2) is 58.0 Å². The first-order valence-electron chi connectivity index (χ1n) is 14.3. The van der Waals surface area contributed by atoms with Crippen molar-refractivity contribution in [3.63, 3.8) is 0 Å². The Bertz CT molecular complexity index is 2320. The summed E-state index contributed by atoms with van der Waals surface area (Å²) in [5.74, 6) is 0. The Morgan fingerprint density at radius 3 is 1.69 bits per heavy atom. The van der Waals surface area contributed by atoms with Crippen molar-refractivity contribution in [3.05, 3.63) is 101 Å². The lowest BCUT2D eigenvalue weighted by Crippen LogP contribution is -1.93. The van der Waals surface area contributed by atoms with Crippen LogP contribution in [0.1, 0.15) is 21.3 Å². The van der Waals surface area contributed by atoms with Crippen molar-refractivity contribution in [3.8, 4) is 0 Å². The normalized spacial score (nSPS) is 11.7. The van der Waals surface area contributed by atoms with Crippen molar-refractivity contribution in [1.29, 1.82) is 0 Å². The fourth-order valence-electron chi connectivity index (χ4n) is 4.94. The summed E-state index contributed by atoms with van der Waals surface area (Å²) < 4.78 is 1.82. The molecule has 6 aromatic heterocycles.